The summed E-state index contributed by atoms with van der Waals surface area (Å²) in [5.74, 6) is 0.0187. The van der Waals surface area contributed by atoms with Crippen LogP contribution in [0.4, 0.5) is 13.2 Å². The topological polar surface area (TPSA) is 58.6 Å². The van der Waals surface area contributed by atoms with Gasteiger partial charge in [0.05, 0.1) is 0 Å². The monoisotopic (exact) mass is 454 g/mol. The summed E-state index contributed by atoms with van der Waals surface area (Å²) in [6.45, 7) is 1.31. The van der Waals surface area contributed by atoms with Crippen LogP contribution in [0.25, 0.3) is 0 Å². The van der Waals surface area contributed by atoms with Crippen molar-refractivity contribution in [3.05, 3.63) is 29.8 Å². The highest BCUT2D eigenvalue weighted by molar-refractivity contribution is 8.00. The molecule has 1 aromatic carbocycles. The molecule has 1 spiro atoms. The van der Waals surface area contributed by atoms with Crippen molar-refractivity contribution in [1.82, 2.24) is 10.2 Å². The Kier molecular flexibility index (Phi) is 4.60. The number of halogens is 3. The highest BCUT2D eigenvalue weighted by Gasteiger charge is 2.70. The first kappa shape index (κ1) is 21.0. The van der Waals surface area contributed by atoms with Gasteiger partial charge in [-0.2, -0.15) is 11.8 Å². The predicted molar refractivity (Wildman–Crippen MR) is 110 cm³/mol. The average Bonchev–Trinajstić information content (AvgIpc) is 3.23. The highest BCUT2D eigenvalue weighted by atomic mass is 32.2. The number of fused-ring (bicyclic) bond motifs is 1. The molecule has 9 heteroatoms. The summed E-state index contributed by atoms with van der Waals surface area (Å²) in [5, 5.41) is 3.04. The molecule has 2 aliphatic heterocycles. The fourth-order valence-corrected chi connectivity index (χ4v) is 7.37. The standard InChI is InChI=1S/C22H25F3N2O3S/c1-31-21-12-20(21,15-2-4-16(5-3-15)30-22(23,24)25)8-9-27(13-21)18(29)14-10-19(11-14)7-6-17(28)26-19/h2-5,14H,6-13H2,1H3,(H,26,28)/t14?,19?,20-,21?/m1/s1. The van der Waals surface area contributed by atoms with Crippen LogP contribution >= 0.6 is 11.8 Å². The number of carbonyl (C=O) groups excluding carboxylic acids is 2. The predicted octanol–water partition coefficient (Wildman–Crippen LogP) is 3.62. The number of carbonyl (C=O) groups is 2. The number of hydrogen-bond donors (Lipinski definition) is 1. The van der Waals surface area contributed by atoms with Crippen LogP contribution in [0.5, 0.6) is 5.75 Å². The van der Waals surface area contributed by atoms with Gasteiger partial charge in [0.25, 0.3) is 0 Å². The van der Waals surface area contributed by atoms with Crippen LogP contribution in [0, 0.1) is 5.92 Å². The van der Waals surface area contributed by atoms with Crippen molar-refractivity contribution < 1.29 is 27.5 Å². The molecule has 0 bridgehead atoms. The zero-order valence-corrected chi connectivity index (χ0v) is 18.1. The molecule has 1 aromatic rings. The number of thioether (sulfide) groups is 1. The Bertz CT molecular complexity index is 916. The normalized spacial score (nSPS) is 36.6. The van der Waals surface area contributed by atoms with Gasteiger partial charge in [-0.05, 0) is 56.1 Å². The summed E-state index contributed by atoms with van der Waals surface area (Å²) in [6, 6.07) is 6.22. The molecular weight excluding hydrogens is 429 g/mol. The lowest BCUT2D eigenvalue weighted by Crippen LogP contribution is -2.58. The largest absolute Gasteiger partial charge is 0.573 e. The maximum Gasteiger partial charge on any atom is 0.573 e. The van der Waals surface area contributed by atoms with E-state index in [-0.39, 0.29) is 39.2 Å². The molecule has 168 valence electrons. The number of ether oxygens (including phenoxy) is 1. The van der Waals surface area contributed by atoms with Gasteiger partial charge >= 0.3 is 6.36 Å². The van der Waals surface area contributed by atoms with E-state index in [1.54, 1.807) is 23.9 Å². The maximum atomic E-state index is 13.1. The number of likely N-dealkylation sites (tertiary alicyclic amines) is 1. The number of benzene rings is 1. The molecule has 2 amide bonds. The molecule has 2 heterocycles. The van der Waals surface area contributed by atoms with E-state index in [0.717, 1.165) is 37.7 Å². The van der Waals surface area contributed by atoms with Crippen molar-refractivity contribution in [2.45, 2.75) is 60.6 Å². The van der Waals surface area contributed by atoms with Gasteiger partial charge in [0.15, 0.2) is 0 Å². The zero-order chi connectivity index (χ0) is 22.1. The lowest BCUT2D eigenvalue weighted by Gasteiger charge is -2.47. The molecular formula is C22H25F3N2O3S. The van der Waals surface area contributed by atoms with Gasteiger partial charge in [-0.1, -0.05) is 12.1 Å². The second-order valence-corrected chi connectivity index (χ2v) is 10.7. The lowest BCUT2D eigenvalue weighted by atomic mass is 9.67. The summed E-state index contributed by atoms with van der Waals surface area (Å²) < 4.78 is 41.2. The Balaban J connectivity index is 1.25. The molecule has 2 atom stereocenters. The number of nitrogens with one attached hydrogen (secondary N) is 1. The average molecular weight is 455 g/mol. The third kappa shape index (κ3) is 3.39. The summed E-state index contributed by atoms with van der Waals surface area (Å²) in [6.07, 6.45) is 1.89. The van der Waals surface area contributed by atoms with Crippen LogP contribution in [0.15, 0.2) is 24.3 Å². The number of alkyl halides is 3. The molecule has 2 aliphatic carbocycles. The van der Waals surface area contributed by atoms with E-state index in [1.807, 2.05) is 11.2 Å². The van der Waals surface area contributed by atoms with Crippen LogP contribution in [-0.2, 0) is 15.0 Å². The van der Waals surface area contributed by atoms with Gasteiger partial charge in [0.1, 0.15) is 5.75 Å². The number of piperidine rings is 1. The molecule has 2 saturated carbocycles. The third-order valence-corrected chi connectivity index (χ3v) is 9.24. The van der Waals surface area contributed by atoms with Gasteiger partial charge < -0.3 is 15.0 Å². The van der Waals surface area contributed by atoms with Crippen molar-refractivity contribution in [3.8, 4) is 5.75 Å². The van der Waals surface area contributed by atoms with Gasteiger partial charge in [0.2, 0.25) is 11.8 Å². The fraction of sp³-hybridized carbons (Fsp3) is 0.636. The second-order valence-electron chi connectivity index (χ2n) is 9.47. The van der Waals surface area contributed by atoms with Gasteiger partial charge in [0, 0.05) is 41.1 Å². The lowest BCUT2D eigenvalue weighted by molar-refractivity contribution is -0.274. The number of hydrogen-bond acceptors (Lipinski definition) is 4. The van der Waals surface area contributed by atoms with E-state index in [2.05, 4.69) is 10.1 Å². The molecule has 1 unspecified atom stereocenters. The minimum absolute atomic E-state index is 0.0256. The highest BCUT2D eigenvalue weighted by Crippen LogP contribution is 2.68. The van der Waals surface area contributed by atoms with E-state index in [4.69, 9.17) is 0 Å². The molecule has 0 aromatic heterocycles. The van der Waals surface area contributed by atoms with E-state index in [1.165, 1.54) is 12.1 Å². The first-order valence-electron chi connectivity index (χ1n) is 10.6. The van der Waals surface area contributed by atoms with Crippen LogP contribution in [0.2, 0.25) is 0 Å². The molecule has 31 heavy (non-hydrogen) atoms. The third-order valence-electron chi connectivity index (χ3n) is 7.79. The quantitative estimate of drug-likeness (QED) is 0.755. The summed E-state index contributed by atoms with van der Waals surface area (Å²) in [5.41, 5.74) is 0.744. The first-order chi connectivity index (χ1) is 14.6. The van der Waals surface area contributed by atoms with Crippen LogP contribution < -0.4 is 10.1 Å². The van der Waals surface area contributed by atoms with Crippen molar-refractivity contribution in [1.29, 1.82) is 0 Å². The summed E-state index contributed by atoms with van der Waals surface area (Å²) >= 11 is 1.75. The van der Waals surface area contributed by atoms with Gasteiger partial charge in [-0.25, -0.2) is 0 Å². The molecule has 0 radical (unpaired) electrons. The Labute approximate surface area is 183 Å². The molecule has 4 aliphatic rings. The van der Waals surface area contributed by atoms with E-state index < -0.39 is 6.36 Å². The summed E-state index contributed by atoms with van der Waals surface area (Å²) in [4.78, 5) is 26.6. The smallest absolute Gasteiger partial charge is 0.406 e. The molecule has 2 saturated heterocycles. The first-order valence-corrected chi connectivity index (χ1v) is 11.8. The Morgan fingerprint density at radius 2 is 1.94 bits per heavy atom. The van der Waals surface area contributed by atoms with Crippen molar-refractivity contribution in [2.24, 2.45) is 5.92 Å². The minimum atomic E-state index is -4.70. The second kappa shape index (κ2) is 6.80. The van der Waals surface area contributed by atoms with Gasteiger partial charge in [-0.3, -0.25) is 9.59 Å². The maximum absolute atomic E-state index is 13.1. The van der Waals surface area contributed by atoms with Crippen LogP contribution in [0.3, 0.4) is 0 Å². The van der Waals surface area contributed by atoms with Crippen molar-refractivity contribution >= 4 is 23.6 Å². The van der Waals surface area contributed by atoms with Crippen molar-refractivity contribution in [3.63, 3.8) is 0 Å². The number of rotatable bonds is 4. The molecule has 5 nitrogen and oxygen atoms in total. The van der Waals surface area contributed by atoms with Crippen LogP contribution in [0.1, 0.15) is 44.1 Å². The Morgan fingerprint density at radius 1 is 1.23 bits per heavy atom. The SMILES string of the molecule is CSC12CN(C(=O)C3CC4(CCC(=O)N4)C3)CC[C@]1(c1ccc(OC(F)(F)F)cc1)C2. The fourth-order valence-electron chi connectivity index (χ4n) is 6.08. The Hall–Kier alpha value is -1.90. The molecule has 1 N–H and O–H groups in total. The number of nitrogens with zero attached hydrogens (tertiary/aromatic N) is 1. The molecule has 5 rings (SSSR count). The van der Waals surface area contributed by atoms with E-state index in [0.29, 0.717) is 19.5 Å². The summed E-state index contributed by atoms with van der Waals surface area (Å²) in [7, 11) is 0. The number of amides is 2. The van der Waals surface area contributed by atoms with E-state index in [9.17, 15) is 22.8 Å². The molecule has 4 fully saturated rings. The van der Waals surface area contributed by atoms with E-state index >= 15 is 0 Å². The minimum Gasteiger partial charge on any atom is -0.406 e. The van der Waals surface area contributed by atoms with Crippen LogP contribution in [-0.4, -0.2) is 52.7 Å². The zero-order valence-electron chi connectivity index (χ0n) is 17.3. The van der Waals surface area contributed by atoms with Crippen molar-refractivity contribution in [2.75, 3.05) is 19.3 Å². The Morgan fingerprint density at radius 3 is 2.52 bits per heavy atom. The van der Waals surface area contributed by atoms with Gasteiger partial charge in [-0.15, -0.1) is 13.2 Å².